The van der Waals surface area contributed by atoms with Gasteiger partial charge in [0.15, 0.2) is 0 Å². The molecule has 3 atom stereocenters. The predicted molar refractivity (Wildman–Crippen MR) is 71.1 cm³/mol. The Morgan fingerprint density at radius 1 is 1.70 bits per heavy atom. The highest BCUT2D eigenvalue weighted by Gasteiger charge is 2.46. The van der Waals surface area contributed by atoms with Gasteiger partial charge in [0, 0.05) is 18.0 Å². The van der Waals surface area contributed by atoms with Crippen molar-refractivity contribution in [1.29, 1.82) is 0 Å². The van der Waals surface area contributed by atoms with Crippen molar-refractivity contribution in [2.24, 2.45) is 5.41 Å². The van der Waals surface area contributed by atoms with Gasteiger partial charge >= 0.3 is 5.69 Å². The topological polar surface area (TPSA) is 113 Å². The molecule has 0 saturated heterocycles. The van der Waals surface area contributed by atoms with E-state index < -0.39 is 11.0 Å². The smallest absolute Gasteiger partial charge is 0.306 e. The van der Waals surface area contributed by atoms with Crippen molar-refractivity contribution in [2.45, 2.75) is 45.1 Å². The lowest BCUT2D eigenvalue weighted by atomic mass is 9.64. The number of nitro groups is 1. The maximum absolute atomic E-state index is 10.5. The molecule has 2 rings (SSSR count). The van der Waals surface area contributed by atoms with Gasteiger partial charge in [-0.3, -0.25) is 14.8 Å². The largest absolute Gasteiger partial charge is 0.392 e. The summed E-state index contributed by atoms with van der Waals surface area (Å²) in [5.74, 6) is 0. The number of nitrogens with one attached hydrogen (secondary N) is 1. The van der Waals surface area contributed by atoms with Gasteiger partial charge in [0.05, 0.1) is 23.7 Å². The van der Waals surface area contributed by atoms with Crippen LogP contribution in [0, 0.1) is 15.5 Å². The molecule has 1 aliphatic carbocycles. The number of aromatic nitrogens is 2. The number of aliphatic hydroxyl groups is 2. The normalized spacial score (nSPS) is 26.0. The van der Waals surface area contributed by atoms with Crippen LogP contribution in [0.3, 0.4) is 0 Å². The van der Waals surface area contributed by atoms with Crippen molar-refractivity contribution >= 4 is 5.69 Å². The Hall–Kier alpha value is -1.51. The summed E-state index contributed by atoms with van der Waals surface area (Å²) in [6.07, 6.45) is 2.12. The number of nitrogens with zero attached hydrogens (tertiary/aromatic N) is 3. The molecule has 0 radical (unpaired) electrons. The summed E-state index contributed by atoms with van der Waals surface area (Å²) in [6, 6.07) is 0.166. The summed E-state index contributed by atoms with van der Waals surface area (Å²) in [5.41, 5.74) is -0.280. The Morgan fingerprint density at radius 2 is 2.40 bits per heavy atom. The Kier molecular flexibility index (Phi) is 4.07. The van der Waals surface area contributed by atoms with Gasteiger partial charge in [-0.2, -0.15) is 5.10 Å². The fraction of sp³-hybridized carbons (Fsp3) is 0.750. The molecule has 0 spiro atoms. The monoisotopic (exact) mass is 284 g/mol. The molecular formula is C12H20N4O4. The Labute approximate surface area is 116 Å². The number of hydrogen-bond acceptors (Lipinski definition) is 6. The maximum Gasteiger partial charge on any atom is 0.306 e. The van der Waals surface area contributed by atoms with Gasteiger partial charge < -0.3 is 15.5 Å². The van der Waals surface area contributed by atoms with E-state index >= 15 is 0 Å². The van der Waals surface area contributed by atoms with Crippen LogP contribution in [0.15, 0.2) is 12.4 Å². The molecule has 0 amide bonds. The first-order chi connectivity index (χ1) is 9.30. The number of rotatable bonds is 6. The van der Waals surface area contributed by atoms with Gasteiger partial charge in [-0.25, -0.2) is 0 Å². The molecule has 8 nitrogen and oxygen atoms in total. The average Bonchev–Trinajstić information content (AvgIpc) is 2.82. The molecule has 3 unspecified atom stereocenters. The molecule has 20 heavy (non-hydrogen) atoms. The quantitative estimate of drug-likeness (QED) is 0.496. The highest BCUT2D eigenvalue weighted by Crippen LogP contribution is 2.40. The zero-order valence-electron chi connectivity index (χ0n) is 11.6. The molecule has 1 saturated carbocycles. The minimum absolute atomic E-state index is 0.0894. The van der Waals surface area contributed by atoms with Crippen LogP contribution in [0.2, 0.25) is 0 Å². The van der Waals surface area contributed by atoms with Crippen LogP contribution < -0.4 is 5.32 Å². The van der Waals surface area contributed by atoms with Crippen molar-refractivity contribution in [3.8, 4) is 0 Å². The minimum Gasteiger partial charge on any atom is -0.392 e. The lowest BCUT2D eigenvalue weighted by molar-refractivity contribution is -0.385. The van der Waals surface area contributed by atoms with Gasteiger partial charge in [-0.1, -0.05) is 13.8 Å². The molecule has 1 aliphatic rings. The van der Waals surface area contributed by atoms with E-state index in [0.717, 1.165) is 6.20 Å². The third kappa shape index (κ3) is 2.97. The second-order valence-corrected chi connectivity index (χ2v) is 5.87. The highest BCUT2D eigenvalue weighted by atomic mass is 16.6. The van der Waals surface area contributed by atoms with Gasteiger partial charge in [0.25, 0.3) is 0 Å². The number of aliphatic hydroxyl groups excluding tert-OH is 2. The summed E-state index contributed by atoms with van der Waals surface area (Å²) in [4.78, 5) is 10.00. The Balaban J connectivity index is 1.78. The molecule has 1 heterocycles. The van der Waals surface area contributed by atoms with Gasteiger partial charge in [-0.15, -0.1) is 0 Å². The van der Waals surface area contributed by atoms with Gasteiger partial charge in [0.2, 0.25) is 0 Å². The molecular weight excluding hydrogens is 264 g/mol. The molecule has 8 heteroatoms. The van der Waals surface area contributed by atoms with Crippen LogP contribution in [-0.4, -0.2) is 49.7 Å². The van der Waals surface area contributed by atoms with Gasteiger partial charge in [0.1, 0.15) is 12.4 Å². The Bertz CT molecular complexity index is 488. The molecule has 1 aromatic heterocycles. The second-order valence-electron chi connectivity index (χ2n) is 5.87. The summed E-state index contributed by atoms with van der Waals surface area (Å²) < 4.78 is 1.35. The van der Waals surface area contributed by atoms with Crippen molar-refractivity contribution in [1.82, 2.24) is 15.1 Å². The van der Waals surface area contributed by atoms with E-state index in [1.165, 1.54) is 10.9 Å². The third-order valence-corrected chi connectivity index (χ3v) is 4.04. The molecule has 1 aromatic rings. The van der Waals surface area contributed by atoms with Crippen molar-refractivity contribution in [2.75, 3.05) is 6.54 Å². The molecule has 0 aliphatic heterocycles. The fourth-order valence-corrected chi connectivity index (χ4v) is 2.35. The minimum atomic E-state index is -0.692. The average molecular weight is 284 g/mol. The van der Waals surface area contributed by atoms with E-state index in [-0.39, 0.29) is 29.8 Å². The molecule has 112 valence electrons. The predicted octanol–water partition coefficient (Wildman–Crippen LogP) is -0.0988. The Morgan fingerprint density at radius 3 is 2.90 bits per heavy atom. The van der Waals surface area contributed by atoms with Crippen molar-refractivity contribution < 1.29 is 15.1 Å². The lowest BCUT2D eigenvalue weighted by Crippen LogP contribution is -2.61. The van der Waals surface area contributed by atoms with E-state index in [9.17, 15) is 20.3 Å². The zero-order chi connectivity index (χ0) is 14.9. The van der Waals surface area contributed by atoms with E-state index in [2.05, 4.69) is 10.4 Å². The van der Waals surface area contributed by atoms with Crippen LogP contribution in [0.5, 0.6) is 0 Å². The summed E-state index contributed by atoms with van der Waals surface area (Å²) in [5, 5.41) is 37.1. The SMILES string of the molecule is CC1(C)C(O)CC1NCC(O)Cn1cc([N+](=O)[O-])cn1. The van der Waals surface area contributed by atoms with Crippen LogP contribution in [0.1, 0.15) is 20.3 Å². The van der Waals surface area contributed by atoms with Crippen LogP contribution in [-0.2, 0) is 6.54 Å². The summed E-state index contributed by atoms with van der Waals surface area (Å²) >= 11 is 0. The van der Waals surface area contributed by atoms with E-state index in [1.807, 2.05) is 13.8 Å². The first-order valence-corrected chi connectivity index (χ1v) is 6.57. The lowest BCUT2D eigenvalue weighted by Gasteiger charge is -2.49. The van der Waals surface area contributed by atoms with E-state index in [1.54, 1.807) is 0 Å². The standard InChI is InChI=1S/C12H20N4O4/c1-12(2)10(3-11(12)18)13-5-9(17)7-15-6-8(4-14-15)16(19)20/h4,6,9-11,13,17-18H,3,5,7H2,1-2H3. The highest BCUT2D eigenvalue weighted by molar-refractivity contribution is 5.20. The van der Waals surface area contributed by atoms with Crippen LogP contribution >= 0.6 is 0 Å². The van der Waals surface area contributed by atoms with Crippen molar-refractivity contribution in [3.63, 3.8) is 0 Å². The van der Waals surface area contributed by atoms with E-state index in [4.69, 9.17) is 0 Å². The van der Waals surface area contributed by atoms with Crippen LogP contribution in [0.4, 0.5) is 5.69 Å². The zero-order valence-corrected chi connectivity index (χ0v) is 11.6. The molecule has 3 N–H and O–H groups in total. The summed E-state index contributed by atoms with van der Waals surface area (Å²) in [6.45, 7) is 4.50. The van der Waals surface area contributed by atoms with Gasteiger partial charge in [-0.05, 0) is 6.42 Å². The fourth-order valence-electron chi connectivity index (χ4n) is 2.35. The van der Waals surface area contributed by atoms with Crippen molar-refractivity contribution in [3.05, 3.63) is 22.5 Å². The first-order valence-electron chi connectivity index (χ1n) is 6.57. The summed E-state index contributed by atoms with van der Waals surface area (Å²) in [7, 11) is 0. The maximum atomic E-state index is 10.5. The molecule has 1 fully saturated rings. The number of hydrogen-bond donors (Lipinski definition) is 3. The van der Waals surface area contributed by atoms with Crippen LogP contribution in [0.25, 0.3) is 0 Å². The molecule has 0 aromatic carbocycles. The third-order valence-electron chi connectivity index (χ3n) is 4.04. The first kappa shape index (κ1) is 14.9. The van der Waals surface area contributed by atoms with E-state index in [0.29, 0.717) is 13.0 Å². The molecule has 0 bridgehead atoms. The second kappa shape index (κ2) is 5.47.